The summed E-state index contributed by atoms with van der Waals surface area (Å²) in [5, 5.41) is 7.11. The zero-order valence-electron chi connectivity index (χ0n) is 16.7. The first-order chi connectivity index (χ1) is 15.2. The van der Waals surface area contributed by atoms with Gasteiger partial charge in [-0.1, -0.05) is 36.4 Å². The molecule has 6 heteroatoms. The average molecular weight is 429 g/mol. The number of para-hydroxylation sites is 1. The molecule has 0 radical (unpaired) electrons. The van der Waals surface area contributed by atoms with Gasteiger partial charge in [0, 0.05) is 39.4 Å². The lowest BCUT2D eigenvalue weighted by molar-refractivity contribution is -0.121. The monoisotopic (exact) mass is 428 g/mol. The van der Waals surface area contributed by atoms with Crippen molar-refractivity contribution >= 4 is 39.3 Å². The molecule has 0 aliphatic carbocycles. The Morgan fingerprint density at radius 2 is 1.58 bits per heavy atom. The molecule has 0 saturated heterocycles. The molecule has 3 aromatic carbocycles. The molecule has 0 spiro atoms. The fourth-order valence-corrected chi connectivity index (χ4v) is 3.94. The van der Waals surface area contributed by atoms with Crippen LogP contribution in [0.4, 0.5) is 0 Å². The Morgan fingerprint density at radius 3 is 2.39 bits per heavy atom. The molecule has 154 valence electrons. The van der Waals surface area contributed by atoms with E-state index in [4.69, 9.17) is 4.74 Å². The van der Waals surface area contributed by atoms with Crippen molar-refractivity contribution in [1.82, 2.24) is 5.43 Å². The highest BCUT2D eigenvalue weighted by atomic mass is 32.1. The maximum atomic E-state index is 12.4. The molecule has 4 rings (SSSR count). The smallest absolute Gasteiger partial charge is 0.240 e. The van der Waals surface area contributed by atoms with E-state index in [0.717, 1.165) is 16.7 Å². The molecule has 4 aromatic rings. The lowest BCUT2D eigenvalue weighted by Crippen LogP contribution is -2.18. The molecular weight excluding hydrogens is 408 g/mol. The lowest BCUT2D eigenvalue weighted by Gasteiger charge is -2.06. The van der Waals surface area contributed by atoms with Gasteiger partial charge < -0.3 is 4.74 Å². The van der Waals surface area contributed by atoms with Gasteiger partial charge in [0.2, 0.25) is 5.91 Å². The first-order valence-electron chi connectivity index (χ1n) is 9.83. The second-order valence-electron chi connectivity index (χ2n) is 6.84. The van der Waals surface area contributed by atoms with E-state index in [9.17, 15) is 9.59 Å². The van der Waals surface area contributed by atoms with Gasteiger partial charge in [0.15, 0.2) is 5.78 Å². The van der Waals surface area contributed by atoms with Gasteiger partial charge in [0.1, 0.15) is 11.5 Å². The van der Waals surface area contributed by atoms with Crippen LogP contribution in [0.5, 0.6) is 11.5 Å². The topological polar surface area (TPSA) is 67.8 Å². The molecule has 1 heterocycles. The molecule has 1 aromatic heterocycles. The van der Waals surface area contributed by atoms with Gasteiger partial charge >= 0.3 is 0 Å². The molecule has 0 fully saturated rings. The number of carbonyl (C=O) groups excluding carboxylic acids is 2. The minimum atomic E-state index is -0.298. The first kappa shape index (κ1) is 20.5. The van der Waals surface area contributed by atoms with Crippen molar-refractivity contribution in [2.45, 2.75) is 12.8 Å². The Bertz CT molecular complexity index is 1210. The van der Waals surface area contributed by atoms with Crippen LogP contribution >= 0.6 is 11.3 Å². The van der Waals surface area contributed by atoms with E-state index in [1.54, 1.807) is 41.8 Å². The molecule has 1 N–H and O–H groups in total. The molecule has 0 atom stereocenters. The third-order valence-corrected chi connectivity index (χ3v) is 5.62. The van der Waals surface area contributed by atoms with Crippen molar-refractivity contribution < 1.29 is 14.3 Å². The fourth-order valence-electron chi connectivity index (χ4n) is 3.03. The van der Waals surface area contributed by atoms with Gasteiger partial charge in [0.25, 0.3) is 0 Å². The number of ketones is 1. The molecule has 0 aliphatic rings. The molecule has 0 aliphatic heterocycles. The number of hydrogen-bond acceptors (Lipinski definition) is 5. The van der Waals surface area contributed by atoms with E-state index >= 15 is 0 Å². The fraction of sp³-hybridized carbons (Fsp3) is 0.0800. The highest BCUT2D eigenvalue weighted by Gasteiger charge is 2.10. The van der Waals surface area contributed by atoms with Crippen molar-refractivity contribution in [3.05, 3.63) is 95.4 Å². The quantitative estimate of drug-likeness (QED) is 0.219. The predicted octanol–water partition coefficient (Wildman–Crippen LogP) is 5.81. The summed E-state index contributed by atoms with van der Waals surface area (Å²) in [5.74, 6) is 0.979. The minimum Gasteiger partial charge on any atom is -0.457 e. The van der Waals surface area contributed by atoms with Crippen LogP contribution in [-0.4, -0.2) is 17.9 Å². The van der Waals surface area contributed by atoms with Crippen LogP contribution in [0.2, 0.25) is 0 Å². The Balaban J connectivity index is 1.25. The number of hydrazone groups is 1. The maximum Gasteiger partial charge on any atom is 0.240 e. The highest BCUT2D eigenvalue weighted by Crippen LogP contribution is 2.24. The van der Waals surface area contributed by atoms with Gasteiger partial charge in [-0.3, -0.25) is 9.59 Å². The van der Waals surface area contributed by atoms with Crippen LogP contribution in [0.15, 0.2) is 89.3 Å². The second-order valence-corrected chi connectivity index (χ2v) is 7.75. The molecule has 0 unspecified atom stereocenters. The summed E-state index contributed by atoms with van der Waals surface area (Å²) in [5.41, 5.74) is 3.99. The number of carbonyl (C=O) groups is 2. The zero-order chi connectivity index (χ0) is 21.5. The molecule has 1 amide bonds. The summed E-state index contributed by atoms with van der Waals surface area (Å²) in [6.45, 7) is 0. The van der Waals surface area contributed by atoms with Crippen molar-refractivity contribution in [2.24, 2.45) is 5.10 Å². The summed E-state index contributed by atoms with van der Waals surface area (Å²) >= 11 is 1.63. The molecule has 5 nitrogen and oxygen atoms in total. The van der Waals surface area contributed by atoms with Crippen LogP contribution in [0.1, 0.15) is 28.8 Å². The van der Waals surface area contributed by atoms with E-state index in [-0.39, 0.29) is 24.5 Å². The number of thiophene rings is 1. The molecule has 0 saturated carbocycles. The van der Waals surface area contributed by atoms with E-state index < -0.39 is 0 Å². The number of nitrogens with zero attached hydrogens (tertiary/aromatic N) is 1. The van der Waals surface area contributed by atoms with Gasteiger partial charge in [-0.25, -0.2) is 5.43 Å². The van der Waals surface area contributed by atoms with Crippen LogP contribution in [0, 0.1) is 0 Å². The maximum absolute atomic E-state index is 12.4. The van der Waals surface area contributed by atoms with Crippen molar-refractivity contribution in [3.63, 3.8) is 0 Å². The number of rotatable bonds is 8. The zero-order valence-corrected chi connectivity index (χ0v) is 17.5. The Hall–Kier alpha value is -3.77. The van der Waals surface area contributed by atoms with Crippen LogP contribution in [0.25, 0.3) is 10.1 Å². The number of amides is 1. The van der Waals surface area contributed by atoms with E-state index in [1.165, 1.54) is 4.70 Å². The molecular formula is C25H20N2O3S. The minimum absolute atomic E-state index is 0.0722. The number of benzene rings is 3. The average Bonchev–Trinajstić information content (AvgIpc) is 3.22. The van der Waals surface area contributed by atoms with E-state index in [0.29, 0.717) is 11.3 Å². The van der Waals surface area contributed by atoms with Gasteiger partial charge in [-0.15, -0.1) is 11.3 Å². The lowest BCUT2D eigenvalue weighted by atomic mass is 10.1. The van der Waals surface area contributed by atoms with Crippen LogP contribution in [-0.2, 0) is 4.79 Å². The standard InChI is InChI=1S/C25H20N2O3S/c28-23(18-10-12-21(13-11-18)30-20-6-2-1-3-7-20)14-15-25(29)27-26-16-19-17-31-24-9-5-4-8-22(19)24/h1-13,16-17H,14-15H2,(H,27,29)/b26-16+. The normalized spacial score (nSPS) is 11.0. The number of Topliss-reactive ketones (excluding diaryl/α,β-unsaturated/α-hetero) is 1. The SMILES string of the molecule is O=C(CCC(=O)c1ccc(Oc2ccccc2)cc1)N/N=C/c1csc2ccccc12. The molecule has 0 bridgehead atoms. The summed E-state index contributed by atoms with van der Waals surface area (Å²) in [6.07, 6.45) is 1.81. The summed E-state index contributed by atoms with van der Waals surface area (Å²) in [4.78, 5) is 24.4. The van der Waals surface area contributed by atoms with Crippen molar-refractivity contribution in [3.8, 4) is 11.5 Å². The largest absolute Gasteiger partial charge is 0.457 e. The van der Waals surface area contributed by atoms with Gasteiger partial charge in [0.05, 0.1) is 6.21 Å². The van der Waals surface area contributed by atoms with Crippen LogP contribution < -0.4 is 10.2 Å². The first-order valence-corrected chi connectivity index (χ1v) is 10.7. The second kappa shape index (κ2) is 9.82. The number of ether oxygens (including phenoxy) is 1. The summed E-state index contributed by atoms with van der Waals surface area (Å²) in [6, 6.07) is 24.4. The van der Waals surface area contributed by atoms with Crippen molar-refractivity contribution in [1.29, 1.82) is 0 Å². The summed E-state index contributed by atoms with van der Waals surface area (Å²) in [7, 11) is 0. The van der Waals surface area contributed by atoms with Crippen LogP contribution in [0.3, 0.4) is 0 Å². The third-order valence-electron chi connectivity index (χ3n) is 4.64. The number of fused-ring (bicyclic) bond motifs is 1. The van der Waals surface area contributed by atoms with Gasteiger partial charge in [-0.2, -0.15) is 5.10 Å². The highest BCUT2D eigenvalue weighted by molar-refractivity contribution is 7.17. The summed E-state index contributed by atoms with van der Waals surface area (Å²) < 4.78 is 6.89. The van der Waals surface area contributed by atoms with Crippen molar-refractivity contribution in [2.75, 3.05) is 0 Å². The van der Waals surface area contributed by atoms with E-state index in [2.05, 4.69) is 10.5 Å². The van der Waals surface area contributed by atoms with E-state index in [1.807, 2.05) is 60.0 Å². The molecule has 31 heavy (non-hydrogen) atoms. The predicted molar refractivity (Wildman–Crippen MR) is 124 cm³/mol. The number of nitrogens with one attached hydrogen (secondary N) is 1. The Labute approximate surface area is 184 Å². The van der Waals surface area contributed by atoms with Gasteiger partial charge in [-0.05, 0) is 42.5 Å². The Morgan fingerprint density at radius 1 is 0.871 bits per heavy atom. The number of hydrogen-bond donors (Lipinski definition) is 1. The third kappa shape index (κ3) is 5.43. The Kier molecular flexibility index (Phi) is 6.50.